The molecule has 5 nitrogen and oxygen atoms in total. The van der Waals surface area contributed by atoms with Gasteiger partial charge >= 0.3 is 6.18 Å². The van der Waals surface area contributed by atoms with Crippen molar-refractivity contribution in [2.75, 3.05) is 24.6 Å². The molecule has 0 radical (unpaired) electrons. The first-order valence-electron chi connectivity index (χ1n) is 11.1. The molecule has 0 aromatic carbocycles. The Morgan fingerprint density at radius 2 is 1.63 bits per heavy atom. The van der Waals surface area contributed by atoms with Crippen molar-refractivity contribution in [3.63, 3.8) is 0 Å². The maximum absolute atomic E-state index is 13.2. The van der Waals surface area contributed by atoms with Crippen molar-refractivity contribution in [1.29, 1.82) is 0 Å². The van der Waals surface area contributed by atoms with E-state index in [2.05, 4.69) is 4.36 Å². The molecule has 5 rings (SSSR count). The number of hydrogen-bond donors (Lipinski definition) is 0. The Labute approximate surface area is 176 Å². The summed E-state index contributed by atoms with van der Waals surface area (Å²) in [4.78, 5) is 27.3. The topological polar surface area (TPSA) is 66.8 Å². The van der Waals surface area contributed by atoms with Crippen LogP contribution in [0.25, 0.3) is 0 Å². The van der Waals surface area contributed by atoms with Gasteiger partial charge in [0, 0.05) is 36.4 Å². The Morgan fingerprint density at radius 3 is 2.13 bits per heavy atom. The summed E-state index contributed by atoms with van der Waals surface area (Å²) in [7, 11) is -2.86. The molecule has 4 atom stereocenters. The highest BCUT2D eigenvalue weighted by Gasteiger charge is 2.44. The minimum atomic E-state index is -4.45. The summed E-state index contributed by atoms with van der Waals surface area (Å²) in [5.74, 6) is -0.286. The summed E-state index contributed by atoms with van der Waals surface area (Å²) in [6.07, 6.45) is 0.918. The van der Waals surface area contributed by atoms with Gasteiger partial charge in [-0.3, -0.25) is 9.59 Å². The van der Waals surface area contributed by atoms with Crippen molar-refractivity contribution in [3.8, 4) is 0 Å². The number of carbonyl (C=O) groups excluding carboxylic acids is 2. The van der Waals surface area contributed by atoms with Gasteiger partial charge in [-0.25, -0.2) is 4.21 Å². The molecule has 5 aliphatic rings. The summed E-state index contributed by atoms with van der Waals surface area (Å²) in [6.45, 7) is 2.24. The first kappa shape index (κ1) is 22.1. The summed E-state index contributed by atoms with van der Waals surface area (Å²) in [5, 5.41) is 0. The predicted octanol–water partition coefficient (Wildman–Crippen LogP) is 3.87. The lowest BCUT2D eigenvalue weighted by atomic mass is 9.64. The SMILES string of the molecule is C[C@H](CC(F)(F)F)C(=O)N=S1(=O)CC2CC(CN(C(=O)C3CC4CCC3CC4)C2)C1. The number of rotatable bonds is 3. The predicted molar refractivity (Wildman–Crippen MR) is 107 cm³/mol. The Hall–Kier alpha value is -1.12. The Morgan fingerprint density at radius 1 is 1.03 bits per heavy atom. The number of piperidine rings is 1. The number of amides is 2. The molecule has 2 amide bonds. The Kier molecular flexibility index (Phi) is 5.96. The van der Waals surface area contributed by atoms with E-state index in [1.54, 1.807) is 0 Å². The molecule has 0 N–H and O–H groups in total. The zero-order valence-corrected chi connectivity index (χ0v) is 18.2. The molecule has 3 saturated carbocycles. The van der Waals surface area contributed by atoms with E-state index < -0.39 is 34.2 Å². The third kappa shape index (κ3) is 4.86. The standard InChI is InChI=1S/C21H31F3N2O3S/c1-13(8-21(22,23)24)19(27)25-30(29)11-15-6-16(12-30)10-26(9-15)20(28)18-7-14-2-4-17(18)5-3-14/h13-18H,2-12H2,1H3/t13-,14?,15?,16?,17?,18?,30?/m1/s1. The average Bonchev–Trinajstić information content (AvgIpc) is 2.65. The van der Waals surface area contributed by atoms with Gasteiger partial charge in [-0.1, -0.05) is 19.8 Å². The molecule has 9 heteroatoms. The van der Waals surface area contributed by atoms with Crippen LogP contribution in [0.2, 0.25) is 0 Å². The zero-order chi connectivity index (χ0) is 21.7. The van der Waals surface area contributed by atoms with Crippen molar-refractivity contribution >= 4 is 21.5 Å². The molecule has 3 aliphatic carbocycles. The van der Waals surface area contributed by atoms with Crippen molar-refractivity contribution in [1.82, 2.24) is 4.90 Å². The highest BCUT2D eigenvalue weighted by Crippen LogP contribution is 2.46. The molecule has 2 saturated heterocycles. The average molecular weight is 449 g/mol. The van der Waals surface area contributed by atoms with E-state index in [0.717, 1.165) is 25.7 Å². The zero-order valence-electron chi connectivity index (χ0n) is 17.4. The lowest BCUT2D eigenvalue weighted by Crippen LogP contribution is -2.54. The number of fused-ring (bicyclic) bond motifs is 5. The fourth-order valence-corrected chi connectivity index (χ4v) is 8.97. The van der Waals surface area contributed by atoms with E-state index in [4.69, 9.17) is 0 Å². The molecule has 170 valence electrons. The molecule has 2 aliphatic heterocycles. The van der Waals surface area contributed by atoms with Gasteiger partial charge in [0.1, 0.15) is 0 Å². The minimum absolute atomic E-state index is 0.00389. The largest absolute Gasteiger partial charge is 0.389 e. The van der Waals surface area contributed by atoms with Crippen LogP contribution in [0.3, 0.4) is 0 Å². The van der Waals surface area contributed by atoms with E-state index in [-0.39, 0.29) is 35.2 Å². The van der Waals surface area contributed by atoms with Crippen LogP contribution in [-0.4, -0.2) is 51.7 Å². The molecule has 4 bridgehead atoms. The molecule has 30 heavy (non-hydrogen) atoms. The van der Waals surface area contributed by atoms with Gasteiger partial charge in [-0.05, 0) is 49.4 Å². The number of hydrogen-bond acceptors (Lipinski definition) is 3. The van der Waals surface area contributed by atoms with Gasteiger partial charge in [0.15, 0.2) is 0 Å². The molecule has 3 unspecified atom stereocenters. The maximum atomic E-state index is 13.2. The van der Waals surface area contributed by atoms with Gasteiger partial charge in [0.25, 0.3) is 5.91 Å². The molecule has 0 spiro atoms. The van der Waals surface area contributed by atoms with Crippen molar-refractivity contribution in [3.05, 3.63) is 0 Å². The number of nitrogens with zero attached hydrogens (tertiary/aromatic N) is 2. The highest BCUT2D eigenvalue weighted by atomic mass is 32.2. The molecule has 0 aromatic heterocycles. The summed E-state index contributed by atoms with van der Waals surface area (Å²) < 4.78 is 54.7. The van der Waals surface area contributed by atoms with Gasteiger partial charge in [0.05, 0.1) is 16.1 Å². The fraction of sp³-hybridized carbons (Fsp3) is 0.905. The van der Waals surface area contributed by atoms with E-state index in [9.17, 15) is 27.0 Å². The lowest BCUT2D eigenvalue weighted by molar-refractivity contribution is -0.151. The summed E-state index contributed by atoms with van der Waals surface area (Å²) in [5.41, 5.74) is 0. The van der Waals surface area contributed by atoms with Gasteiger partial charge < -0.3 is 4.90 Å². The second kappa shape index (κ2) is 8.10. The van der Waals surface area contributed by atoms with Crippen LogP contribution < -0.4 is 0 Å². The second-order valence-electron chi connectivity index (χ2n) is 10.1. The lowest BCUT2D eigenvalue weighted by Gasteiger charge is -2.47. The number of likely N-dealkylation sites (tertiary alicyclic amines) is 1. The van der Waals surface area contributed by atoms with E-state index >= 15 is 0 Å². The second-order valence-corrected chi connectivity index (χ2v) is 12.5. The number of carbonyl (C=O) groups is 2. The monoisotopic (exact) mass is 448 g/mol. The van der Waals surface area contributed by atoms with E-state index in [1.807, 2.05) is 4.90 Å². The van der Waals surface area contributed by atoms with Crippen molar-refractivity contribution in [2.45, 2.75) is 58.0 Å². The van der Waals surface area contributed by atoms with Crippen LogP contribution in [0, 0.1) is 35.5 Å². The van der Waals surface area contributed by atoms with Crippen LogP contribution >= 0.6 is 0 Å². The first-order valence-corrected chi connectivity index (χ1v) is 13.0. The van der Waals surface area contributed by atoms with Crippen LogP contribution in [0.4, 0.5) is 13.2 Å². The highest BCUT2D eigenvalue weighted by molar-refractivity contribution is 7.93. The Balaban J connectivity index is 1.41. The fourth-order valence-electron chi connectivity index (χ4n) is 6.22. The van der Waals surface area contributed by atoms with Crippen LogP contribution in [0.1, 0.15) is 51.9 Å². The maximum Gasteiger partial charge on any atom is 0.389 e. The molecule has 2 heterocycles. The number of alkyl halides is 3. The minimum Gasteiger partial charge on any atom is -0.342 e. The summed E-state index contributed by atoms with van der Waals surface area (Å²) >= 11 is 0. The smallest absolute Gasteiger partial charge is 0.342 e. The molecular weight excluding hydrogens is 417 g/mol. The van der Waals surface area contributed by atoms with Crippen molar-refractivity contribution < 1.29 is 27.0 Å². The van der Waals surface area contributed by atoms with Crippen LogP contribution in [0.5, 0.6) is 0 Å². The van der Waals surface area contributed by atoms with Gasteiger partial charge in [-0.15, -0.1) is 0 Å². The molecular formula is C21H31F3N2O3S. The molecule has 5 fully saturated rings. The first-order chi connectivity index (χ1) is 14.0. The number of halogens is 3. The van der Waals surface area contributed by atoms with Gasteiger partial charge in [0.2, 0.25) is 5.91 Å². The third-order valence-corrected chi connectivity index (χ3v) is 10.0. The van der Waals surface area contributed by atoms with E-state index in [0.29, 0.717) is 24.9 Å². The van der Waals surface area contributed by atoms with Crippen molar-refractivity contribution in [2.24, 2.45) is 39.9 Å². The summed E-state index contributed by atoms with van der Waals surface area (Å²) in [6, 6.07) is 0. The van der Waals surface area contributed by atoms with E-state index in [1.165, 1.54) is 19.8 Å². The van der Waals surface area contributed by atoms with Crippen LogP contribution in [-0.2, 0) is 19.3 Å². The quantitative estimate of drug-likeness (QED) is 0.658. The Bertz CT molecular complexity index is 793. The van der Waals surface area contributed by atoms with Gasteiger partial charge in [-0.2, -0.15) is 17.5 Å². The van der Waals surface area contributed by atoms with Crippen LogP contribution in [0.15, 0.2) is 4.36 Å². The third-order valence-electron chi connectivity index (χ3n) is 7.51. The normalized spacial score (nSPS) is 39.5. The molecule has 0 aromatic rings.